The van der Waals surface area contributed by atoms with E-state index >= 15 is 0 Å². The Morgan fingerprint density at radius 2 is 1.79 bits per heavy atom. The average Bonchev–Trinajstić information content (AvgIpc) is 2.83. The third-order valence-electron chi connectivity index (χ3n) is 5.04. The minimum Gasteiger partial charge on any atom is -0.333 e. The number of urea groups is 1. The highest BCUT2D eigenvalue weighted by molar-refractivity contribution is 5.77. The maximum Gasteiger partial charge on any atom is 0.318 e. The van der Waals surface area contributed by atoms with Crippen LogP contribution >= 0.6 is 0 Å². The summed E-state index contributed by atoms with van der Waals surface area (Å²) >= 11 is 0. The van der Waals surface area contributed by atoms with E-state index in [4.69, 9.17) is 0 Å². The first-order chi connectivity index (χ1) is 9.24. The van der Waals surface area contributed by atoms with Crippen molar-refractivity contribution in [2.75, 3.05) is 39.8 Å². The van der Waals surface area contributed by atoms with Crippen molar-refractivity contribution in [2.24, 2.45) is 5.92 Å². The summed E-state index contributed by atoms with van der Waals surface area (Å²) in [5, 5.41) is 6.60. The number of carbonyl (C=O) groups is 1. The molecule has 3 aliphatic rings. The molecule has 3 fully saturated rings. The highest BCUT2D eigenvalue weighted by Gasteiger charge is 2.38. The summed E-state index contributed by atoms with van der Waals surface area (Å²) in [5.74, 6) is 0.673. The maximum absolute atomic E-state index is 12.2. The second kappa shape index (κ2) is 5.67. The van der Waals surface area contributed by atoms with Crippen molar-refractivity contribution < 1.29 is 4.79 Å². The van der Waals surface area contributed by atoms with Crippen molar-refractivity contribution in [3.63, 3.8) is 0 Å². The van der Waals surface area contributed by atoms with Gasteiger partial charge in [0.1, 0.15) is 0 Å². The molecule has 0 aromatic carbocycles. The van der Waals surface area contributed by atoms with Crippen molar-refractivity contribution in [2.45, 2.75) is 37.8 Å². The van der Waals surface area contributed by atoms with Gasteiger partial charge in [-0.25, -0.2) is 4.79 Å². The maximum atomic E-state index is 12.2. The Kier molecular flexibility index (Phi) is 3.93. The molecule has 0 radical (unpaired) electrons. The van der Waals surface area contributed by atoms with Crippen molar-refractivity contribution in [3.05, 3.63) is 0 Å². The second-order valence-corrected chi connectivity index (χ2v) is 6.33. The van der Waals surface area contributed by atoms with Gasteiger partial charge >= 0.3 is 6.03 Å². The number of carbonyl (C=O) groups excluding carboxylic acids is 1. The topological polar surface area (TPSA) is 47.6 Å². The summed E-state index contributed by atoms with van der Waals surface area (Å²) in [6.07, 6.45) is 4.66. The molecule has 5 heteroatoms. The Balaban J connectivity index is 1.56. The Hall–Kier alpha value is -0.810. The molecule has 1 atom stereocenters. The average molecular weight is 266 g/mol. The molecule has 2 N–H and O–H groups in total. The van der Waals surface area contributed by atoms with Gasteiger partial charge in [0.15, 0.2) is 0 Å². The Morgan fingerprint density at radius 3 is 2.47 bits per heavy atom. The normalized spacial score (nSPS) is 31.7. The molecule has 3 saturated heterocycles. The van der Waals surface area contributed by atoms with E-state index < -0.39 is 0 Å². The summed E-state index contributed by atoms with van der Waals surface area (Å²) in [6, 6.07) is 1.02. The van der Waals surface area contributed by atoms with Crippen LogP contribution in [0.5, 0.6) is 0 Å². The molecule has 3 rings (SSSR count). The minimum atomic E-state index is 0.177. The molecule has 0 aliphatic carbocycles. The molecule has 5 nitrogen and oxygen atoms in total. The molecular weight excluding hydrogens is 240 g/mol. The smallest absolute Gasteiger partial charge is 0.318 e. The molecule has 2 amide bonds. The summed E-state index contributed by atoms with van der Waals surface area (Å²) < 4.78 is 0. The molecule has 1 unspecified atom stereocenters. The first kappa shape index (κ1) is 13.2. The summed E-state index contributed by atoms with van der Waals surface area (Å²) in [7, 11) is 2.19. The van der Waals surface area contributed by atoms with Crippen LogP contribution in [0.2, 0.25) is 0 Å². The van der Waals surface area contributed by atoms with E-state index in [0.717, 1.165) is 32.5 Å². The molecule has 0 aromatic heterocycles. The van der Waals surface area contributed by atoms with Crippen LogP contribution in [0.1, 0.15) is 25.7 Å². The Morgan fingerprint density at radius 1 is 1.11 bits per heavy atom. The van der Waals surface area contributed by atoms with Gasteiger partial charge < -0.3 is 20.4 Å². The summed E-state index contributed by atoms with van der Waals surface area (Å²) in [4.78, 5) is 16.7. The lowest BCUT2D eigenvalue weighted by atomic mass is 9.89. The van der Waals surface area contributed by atoms with Crippen LogP contribution < -0.4 is 10.6 Å². The first-order valence-electron chi connectivity index (χ1n) is 7.70. The number of likely N-dealkylation sites (tertiary alicyclic amines) is 1. The van der Waals surface area contributed by atoms with Crippen LogP contribution in [0.3, 0.4) is 0 Å². The van der Waals surface area contributed by atoms with E-state index in [9.17, 15) is 4.79 Å². The predicted molar refractivity (Wildman–Crippen MR) is 75.1 cm³/mol. The van der Waals surface area contributed by atoms with Gasteiger partial charge in [0, 0.05) is 12.6 Å². The van der Waals surface area contributed by atoms with Gasteiger partial charge in [-0.1, -0.05) is 0 Å². The summed E-state index contributed by atoms with van der Waals surface area (Å²) in [6.45, 7) is 5.37. The van der Waals surface area contributed by atoms with Crippen molar-refractivity contribution in [1.29, 1.82) is 0 Å². The van der Waals surface area contributed by atoms with E-state index in [1.54, 1.807) is 0 Å². The molecule has 108 valence electrons. The van der Waals surface area contributed by atoms with E-state index in [2.05, 4.69) is 27.5 Å². The molecule has 0 bridgehead atoms. The second-order valence-electron chi connectivity index (χ2n) is 6.33. The van der Waals surface area contributed by atoms with E-state index in [1.165, 1.54) is 25.9 Å². The SMILES string of the molecule is CN1CCC(C2CN(C3CCNCC3)C(=O)N2)CC1. The van der Waals surface area contributed by atoms with E-state index in [0.29, 0.717) is 18.0 Å². The standard InChI is InChI=1S/C14H26N4O/c1-17-8-4-11(5-9-17)13-10-18(14(19)16-13)12-2-6-15-7-3-12/h11-13,15H,2-10H2,1H3,(H,16,19). The first-order valence-corrected chi connectivity index (χ1v) is 7.70. The Bertz CT molecular complexity index is 321. The van der Waals surface area contributed by atoms with Gasteiger partial charge in [0.2, 0.25) is 0 Å². The predicted octanol–water partition coefficient (Wildman–Crippen LogP) is 0.474. The monoisotopic (exact) mass is 266 g/mol. The summed E-state index contributed by atoms with van der Waals surface area (Å²) in [5.41, 5.74) is 0. The van der Waals surface area contributed by atoms with Crippen molar-refractivity contribution >= 4 is 6.03 Å². The zero-order chi connectivity index (χ0) is 13.2. The van der Waals surface area contributed by atoms with Gasteiger partial charge in [0.05, 0.1) is 6.04 Å². The van der Waals surface area contributed by atoms with Crippen LogP contribution in [0, 0.1) is 5.92 Å². The van der Waals surface area contributed by atoms with E-state index in [-0.39, 0.29) is 6.03 Å². The number of amides is 2. The van der Waals surface area contributed by atoms with Gasteiger partial charge in [-0.2, -0.15) is 0 Å². The quantitative estimate of drug-likeness (QED) is 0.764. The molecule has 0 spiro atoms. The number of hydrogen-bond acceptors (Lipinski definition) is 3. The lowest BCUT2D eigenvalue weighted by Gasteiger charge is -2.33. The van der Waals surface area contributed by atoms with Crippen molar-refractivity contribution in [3.8, 4) is 0 Å². The molecule has 3 heterocycles. The van der Waals surface area contributed by atoms with Crippen LogP contribution in [-0.4, -0.2) is 67.7 Å². The van der Waals surface area contributed by atoms with Crippen LogP contribution in [-0.2, 0) is 0 Å². The van der Waals surface area contributed by atoms with E-state index in [1.807, 2.05) is 0 Å². The van der Waals surface area contributed by atoms with Gasteiger partial charge in [-0.15, -0.1) is 0 Å². The van der Waals surface area contributed by atoms with Gasteiger partial charge in [0.25, 0.3) is 0 Å². The fourth-order valence-corrected chi connectivity index (χ4v) is 3.71. The van der Waals surface area contributed by atoms with Crippen molar-refractivity contribution in [1.82, 2.24) is 20.4 Å². The largest absolute Gasteiger partial charge is 0.333 e. The van der Waals surface area contributed by atoms with Gasteiger partial charge in [-0.05, 0) is 64.8 Å². The number of nitrogens with zero attached hydrogens (tertiary/aromatic N) is 2. The number of piperidine rings is 2. The van der Waals surface area contributed by atoms with Gasteiger partial charge in [-0.3, -0.25) is 0 Å². The fourth-order valence-electron chi connectivity index (χ4n) is 3.71. The zero-order valence-electron chi connectivity index (χ0n) is 11.9. The highest BCUT2D eigenvalue weighted by atomic mass is 16.2. The third kappa shape index (κ3) is 2.87. The minimum absolute atomic E-state index is 0.177. The van der Waals surface area contributed by atoms with Crippen LogP contribution in [0.25, 0.3) is 0 Å². The van der Waals surface area contributed by atoms with Crippen LogP contribution in [0.4, 0.5) is 4.79 Å². The molecule has 3 aliphatic heterocycles. The lowest BCUT2D eigenvalue weighted by molar-refractivity contribution is 0.171. The molecule has 19 heavy (non-hydrogen) atoms. The zero-order valence-corrected chi connectivity index (χ0v) is 11.9. The molecule has 0 aromatic rings. The number of rotatable bonds is 2. The Labute approximate surface area is 115 Å². The highest BCUT2D eigenvalue weighted by Crippen LogP contribution is 2.25. The number of hydrogen-bond donors (Lipinski definition) is 2. The number of nitrogens with one attached hydrogen (secondary N) is 2. The fraction of sp³-hybridized carbons (Fsp3) is 0.929. The lowest BCUT2D eigenvalue weighted by Crippen LogP contribution is -2.44. The third-order valence-corrected chi connectivity index (χ3v) is 5.04. The molecule has 0 saturated carbocycles. The van der Waals surface area contributed by atoms with Crippen LogP contribution in [0.15, 0.2) is 0 Å². The molecular formula is C14H26N4O.